The van der Waals surface area contributed by atoms with Gasteiger partial charge in [-0.05, 0) is 41.5 Å². The number of allylic oxidation sites excluding steroid dienone is 1. The molecule has 2 aromatic rings. The maximum absolute atomic E-state index is 12.6. The Morgan fingerprint density at radius 1 is 1.14 bits per heavy atom. The molecule has 29 heavy (non-hydrogen) atoms. The number of nitrogens with one attached hydrogen (secondary N) is 1. The van der Waals surface area contributed by atoms with Crippen LogP contribution in [0.4, 0.5) is 5.69 Å². The molecule has 1 aromatic heterocycles. The van der Waals surface area contributed by atoms with Gasteiger partial charge in [-0.3, -0.25) is 9.78 Å². The van der Waals surface area contributed by atoms with E-state index in [2.05, 4.69) is 10.3 Å². The molecule has 8 heteroatoms. The van der Waals surface area contributed by atoms with Crippen molar-refractivity contribution in [2.24, 2.45) is 0 Å². The van der Waals surface area contributed by atoms with E-state index in [1.165, 1.54) is 0 Å². The summed E-state index contributed by atoms with van der Waals surface area (Å²) in [5, 5.41) is 42.5. The van der Waals surface area contributed by atoms with Gasteiger partial charge in [-0.2, -0.15) is 0 Å². The predicted octanol–water partition coefficient (Wildman–Crippen LogP) is -0.0408. The number of aliphatic hydroxyl groups excluding tert-OH is 4. The number of hydrogen-bond acceptors (Lipinski definition) is 8. The molecule has 4 rings (SSSR count). The normalized spacial score (nSPS) is 29.2. The zero-order valence-electron chi connectivity index (χ0n) is 15.5. The summed E-state index contributed by atoms with van der Waals surface area (Å²) in [6.45, 7) is -0.520. The highest BCUT2D eigenvalue weighted by molar-refractivity contribution is 6.27. The fourth-order valence-electron chi connectivity index (χ4n) is 3.68. The van der Waals surface area contributed by atoms with Crippen LogP contribution < -0.4 is 5.32 Å². The number of pyridine rings is 1. The van der Waals surface area contributed by atoms with Crippen LogP contribution in [0.2, 0.25) is 0 Å². The van der Waals surface area contributed by atoms with Crippen molar-refractivity contribution < 1.29 is 30.0 Å². The van der Waals surface area contributed by atoms with Crippen LogP contribution in [0.3, 0.4) is 0 Å². The number of Topliss-reactive ketones (excluding diaryl/α,β-unsaturated/α-hetero) is 1. The van der Waals surface area contributed by atoms with Crippen LogP contribution in [0.1, 0.15) is 16.8 Å². The van der Waals surface area contributed by atoms with Crippen molar-refractivity contribution in [1.29, 1.82) is 0 Å². The van der Waals surface area contributed by atoms with E-state index in [0.29, 0.717) is 17.0 Å². The molecule has 8 nitrogen and oxygen atoms in total. The first kappa shape index (κ1) is 19.7. The monoisotopic (exact) mass is 398 g/mol. The fourth-order valence-corrected chi connectivity index (χ4v) is 3.68. The number of aromatic nitrogens is 1. The summed E-state index contributed by atoms with van der Waals surface area (Å²) in [6, 6.07) is 9.78. The van der Waals surface area contributed by atoms with Gasteiger partial charge in [-0.1, -0.05) is 12.1 Å². The number of aliphatic hydroxyl groups is 4. The van der Waals surface area contributed by atoms with Crippen molar-refractivity contribution in [2.75, 3.05) is 11.9 Å². The average molecular weight is 398 g/mol. The highest BCUT2D eigenvalue weighted by Gasteiger charge is 2.43. The largest absolute Gasteiger partial charge is 0.394 e. The molecular weight excluding hydrogens is 376 g/mol. The lowest BCUT2D eigenvalue weighted by molar-refractivity contribution is -0.245. The molecule has 5 atom stereocenters. The van der Waals surface area contributed by atoms with Crippen LogP contribution in [0, 0.1) is 0 Å². The van der Waals surface area contributed by atoms with E-state index in [4.69, 9.17) is 9.84 Å². The van der Waals surface area contributed by atoms with Crippen LogP contribution in [0.15, 0.2) is 42.6 Å². The number of carbonyl (C=O) groups excluding carboxylic acids is 1. The summed E-state index contributed by atoms with van der Waals surface area (Å²) >= 11 is 0. The predicted molar refractivity (Wildman–Crippen MR) is 105 cm³/mol. The second-order valence-electron chi connectivity index (χ2n) is 7.19. The van der Waals surface area contributed by atoms with E-state index in [-0.39, 0.29) is 12.2 Å². The van der Waals surface area contributed by atoms with E-state index < -0.39 is 37.3 Å². The molecule has 0 amide bonds. The lowest BCUT2D eigenvalue weighted by Crippen LogP contribution is -2.61. The van der Waals surface area contributed by atoms with Gasteiger partial charge in [0.2, 0.25) is 0 Å². The maximum Gasteiger partial charge on any atom is 0.178 e. The molecule has 5 N–H and O–H groups in total. The summed E-state index contributed by atoms with van der Waals surface area (Å²) < 4.78 is 5.16. The lowest BCUT2D eigenvalue weighted by Gasteiger charge is -2.40. The second-order valence-corrected chi connectivity index (χ2v) is 7.19. The van der Waals surface area contributed by atoms with E-state index in [1.54, 1.807) is 36.5 Å². The third kappa shape index (κ3) is 3.81. The maximum atomic E-state index is 12.6. The Hall–Kier alpha value is -2.62. The Kier molecular flexibility index (Phi) is 5.44. The molecular formula is C21H22N2O6. The van der Waals surface area contributed by atoms with E-state index in [0.717, 1.165) is 11.1 Å². The Morgan fingerprint density at radius 2 is 1.97 bits per heavy atom. The molecule has 0 saturated carbocycles. The molecule has 0 radical (unpaired) electrons. The third-order valence-corrected chi connectivity index (χ3v) is 5.27. The number of carbonyl (C=O) groups is 1. The number of anilines is 1. The molecule has 0 spiro atoms. The van der Waals surface area contributed by atoms with E-state index in [9.17, 15) is 20.1 Å². The number of rotatable bonds is 4. The minimum absolute atomic E-state index is 0.0457. The van der Waals surface area contributed by atoms with E-state index in [1.807, 2.05) is 12.1 Å². The van der Waals surface area contributed by atoms with Crippen molar-refractivity contribution in [3.05, 3.63) is 59.4 Å². The van der Waals surface area contributed by atoms with Gasteiger partial charge >= 0.3 is 0 Å². The number of nitrogens with zero attached hydrogens (tertiary/aromatic N) is 1. The summed E-state index contributed by atoms with van der Waals surface area (Å²) in [5.41, 5.74) is 3.44. The molecule has 1 aliphatic heterocycles. The SMILES string of the molecule is O=C1Cc2cc(NC3[C@@H](O)OC(CO)[C@H](O)[C@H]3O)ccc2C=C1c1ccccn1. The second kappa shape index (κ2) is 8.02. The number of ketones is 1. The summed E-state index contributed by atoms with van der Waals surface area (Å²) in [4.78, 5) is 16.8. The van der Waals surface area contributed by atoms with Crippen LogP contribution in [-0.2, 0) is 16.0 Å². The molecule has 1 saturated heterocycles. The van der Waals surface area contributed by atoms with Gasteiger partial charge in [0.15, 0.2) is 12.1 Å². The minimum atomic E-state index is -1.42. The third-order valence-electron chi connectivity index (χ3n) is 5.27. The number of benzene rings is 1. The van der Waals surface area contributed by atoms with Crippen molar-refractivity contribution >= 4 is 23.1 Å². The van der Waals surface area contributed by atoms with Gasteiger partial charge in [0.1, 0.15) is 24.4 Å². The van der Waals surface area contributed by atoms with Crippen LogP contribution >= 0.6 is 0 Å². The van der Waals surface area contributed by atoms with E-state index >= 15 is 0 Å². The fraction of sp³-hybridized carbons (Fsp3) is 0.333. The Labute approximate surface area is 167 Å². The zero-order chi connectivity index (χ0) is 20.5. The Balaban J connectivity index is 1.56. The molecule has 0 bridgehead atoms. The van der Waals surface area contributed by atoms with Gasteiger partial charge < -0.3 is 30.5 Å². The van der Waals surface area contributed by atoms with Gasteiger partial charge in [-0.15, -0.1) is 0 Å². The lowest BCUT2D eigenvalue weighted by atomic mass is 9.89. The average Bonchev–Trinajstić information content (AvgIpc) is 2.73. The first-order chi connectivity index (χ1) is 14.0. The summed E-state index contributed by atoms with van der Waals surface area (Å²) in [6.07, 6.45) is -1.52. The quantitative estimate of drug-likeness (QED) is 0.485. The zero-order valence-corrected chi connectivity index (χ0v) is 15.5. The Bertz CT molecular complexity index is 932. The Morgan fingerprint density at radius 3 is 2.69 bits per heavy atom. The van der Waals surface area contributed by atoms with Crippen LogP contribution in [-0.4, -0.2) is 68.4 Å². The van der Waals surface area contributed by atoms with Gasteiger partial charge in [0.05, 0.1) is 12.3 Å². The first-order valence-corrected chi connectivity index (χ1v) is 9.34. The number of hydrogen-bond donors (Lipinski definition) is 5. The van der Waals surface area contributed by atoms with Crippen molar-refractivity contribution in [1.82, 2.24) is 4.98 Å². The van der Waals surface area contributed by atoms with Crippen LogP contribution in [0.25, 0.3) is 11.6 Å². The number of ether oxygens (including phenoxy) is 1. The van der Waals surface area contributed by atoms with Crippen molar-refractivity contribution in [3.63, 3.8) is 0 Å². The van der Waals surface area contributed by atoms with Gasteiger partial charge in [0, 0.05) is 23.9 Å². The van der Waals surface area contributed by atoms with Crippen molar-refractivity contribution in [2.45, 2.75) is 37.1 Å². The van der Waals surface area contributed by atoms with Crippen LogP contribution in [0.5, 0.6) is 0 Å². The first-order valence-electron chi connectivity index (χ1n) is 9.34. The summed E-state index contributed by atoms with van der Waals surface area (Å²) in [5.74, 6) is -0.0457. The molecule has 2 aliphatic rings. The molecule has 152 valence electrons. The standard InChI is InChI=1S/C21H22N2O6/c24-10-17-19(26)20(27)18(21(28)29-17)23-13-5-4-11-8-14(15-3-1-2-6-22-15)16(25)9-12(11)7-13/h1-8,17-21,23-24,26-28H,9-10H2/t17?,18?,19-,20-,21-/m0/s1. The highest BCUT2D eigenvalue weighted by Crippen LogP contribution is 2.30. The molecule has 1 aromatic carbocycles. The molecule has 1 aliphatic carbocycles. The highest BCUT2D eigenvalue weighted by atomic mass is 16.6. The number of fused-ring (bicyclic) bond motifs is 1. The smallest absolute Gasteiger partial charge is 0.178 e. The molecule has 1 fully saturated rings. The van der Waals surface area contributed by atoms with Gasteiger partial charge in [0.25, 0.3) is 0 Å². The molecule has 2 heterocycles. The molecule has 2 unspecified atom stereocenters. The topological polar surface area (TPSA) is 132 Å². The van der Waals surface area contributed by atoms with Gasteiger partial charge in [-0.25, -0.2) is 0 Å². The minimum Gasteiger partial charge on any atom is -0.394 e. The van der Waals surface area contributed by atoms with Crippen molar-refractivity contribution in [3.8, 4) is 0 Å². The summed E-state index contributed by atoms with van der Waals surface area (Å²) in [7, 11) is 0.